The summed E-state index contributed by atoms with van der Waals surface area (Å²) >= 11 is 0. The number of carbonyl (C=O) groups is 2. The van der Waals surface area contributed by atoms with Crippen molar-refractivity contribution in [3.63, 3.8) is 0 Å². The maximum Gasteiger partial charge on any atom is 0.315 e. The summed E-state index contributed by atoms with van der Waals surface area (Å²) in [5.74, 6) is -1.18. The molecule has 2 amide bonds. The lowest BCUT2D eigenvalue weighted by atomic mass is 10.0. The predicted octanol–water partition coefficient (Wildman–Crippen LogP) is 0.593. The molecule has 2 unspecified atom stereocenters. The van der Waals surface area contributed by atoms with Gasteiger partial charge >= 0.3 is 12.0 Å². The van der Waals surface area contributed by atoms with Crippen LogP contribution in [0.4, 0.5) is 4.79 Å². The lowest BCUT2D eigenvalue weighted by Gasteiger charge is -2.25. The zero-order chi connectivity index (χ0) is 14.3. The average Bonchev–Trinajstić information content (AvgIpc) is 2.23. The monoisotopic (exact) mass is 259 g/mol. The fraction of sp³-hybridized carbons (Fsp3) is 0.833. The number of likely N-dealkylation sites (N-methyl/N-ethyl adjacent to an activating group) is 1. The van der Waals surface area contributed by atoms with E-state index in [1.165, 1.54) is 0 Å². The van der Waals surface area contributed by atoms with Gasteiger partial charge in [0.25, 0.3) is 0 Å². The maximum atomic E-state index is 11.6. The molecule has 0 heterocycles. The Kier molecular flexibility index (Phi) is 7.35. The van der Waals surface area contributed by atoms with Gasteiger partial charge in [-0.15, -0.1) is 0 Å². The van der Waals surface area contributed by atoms with Crippen LogP contribution in [-0.4, -0.2) is 55.2 Å². The highest BCUT2D eigenvalue weighted by Gasteiger charge is 2.18. The van der Waals surface area contributed by atoms with Gasteiger partial charge in [0.05, 0.1) is 5.92 Å². The van der Waals surface area contributed by atoms with Gasteiger partial charge < -0.3 is 20.6 Å². The Hall–Kier alpha value is -1.30. The van der Waals surface area contributed by atoms with Gasteiger partial charge in [0.1, 0.15) is 0 Å². The van der Waals surface area contributed by atoms with Gasteiger partial charge in [0, 0.05) is 19.1 Å². The summed E-state index contributed by atoms with van der Waals surface area (Å²) in [5, 5.41) is 14.1. The summed E-state index contributed by atoms with van der Waals surface area (Å²) < 4.78 is 0. The molecule has 0 fully saturated rings. The molecule has 0 spiro atoms. The number of aliphatic carboxylic acids is 1. The molecule has 3 N–H and O–H groups in total. The van der Waals surface area contributed by atoms with Crippen LogP contribution in [0.5, 0.6) is 0 Å². The van der Waals surface area contributed by atoms with E-state index in [1.807, 2.05) is 32.8 Å². The molecule has 0 rings (SSSR count). The van der Waals surface area contributed by atoms with E-state index in [2.05, 4.69) is 10.6 Å². The molecule has 6 nitrogen and oxygen atoms in total. The molecule has 0 aromatic carbocycles. The largest absolute Gasteiger partial charge is 0.481 e. The first-order chi connectivity index (χ1) is 8.23. The number of hydrogen-bond acceptors (Lipinski definition) is 3. The molecular weight excluding hydrogens is 234 g/mol. The number of rotatable bonds is 7. The molecule has 106 valence electrons. The molecule has 0 aromatic heterocycles. The normalized spacial score (nSPS) is 14.4. The zero-order valence-electron chi connectivity index (χ0n) is 11.9. The number of carbonyl (C=O) groups excluding carboxylic acids is 1. The van der Waals surface area contributed by atoms with Crippen molar-refractivity contribution < 1.29 is 14.7 Å². The Bertz CT molecular complexity index is 280. The van der Waals surface area contributed by atoms with Gasteiger partial charge in [0.15, 0.2) is 0 Å². The fourth-order valence-electron chi connectivity index (χ4n) is 1.37. The molecule has 0 saturated carbocycles. The van der Waals surface area contributed by atoms with Gasteiger partial charge in [-0.2, -0.15) is 0 Å². The van der Waals surface area contributed by atoms with Crippen molar-refractivity contribution in [3.8, 4) is 0 Å². The molecule has 0 bridgehead atoms. The molecule has 18 heavy (non-hydrogen) atoms. The van der Waals surface area contributed by atoms with Gasteiger partial charge in [-0.05, 0) is 20.0 Å². The lowest BCUT2D eigenvalue weighted by molar-refractivity contribution is -0.140. The highest BCUT2D eigenvalue weighted by atomic mass is 16.4. The fourth-order valence-corrected chi connectivity index (χ4v) is 1.37. The topological polar surface area (TPSA) is 81.7 Å². The van der Waals surface area contributed by atoms with Crippen molar-refractivity contribution in [1.82, 2.24) is 15.5 Å². The van der Waals surface area contributed by atoms with Crippen LogP contribution in [0.3, 0.4) is 0 Å². The minimum absolute atomic E-state index is 0.0418. The summed E-state index contributed by atoms with van der Waals surface area (Å²) in [6, 6.07) is -0.274. The van der Waals surface area contributed by atoms with Crippen molar-refractivity contribution in [2.45, 2.75) is 26.8 Å². The smallest absolute Gasteiger partial charge is 0.315 e. The van der Waals surface area contributed by atoms with Crippen molar-refractivity contribution >= 4 is 12.0 Å². The number of carboxylic acids is 1. The minimum Gasteiger partial charge on any atom is -0.481 e. The summed E-state index contributed by atoms with van der Waals surface area (Å²) in [7, 11) is 3.89. The van der Waals surface area contributed by atoms with Gasteiger partial charge in [-0.3, -0.25) is 4.79 Å². The summed E-state index contributed by atoms with van der Waals surface area (Å²) in [6.45, 7) is 6.51. The van der Waals surface area contributed by atoms with Crippen LogP contribution in [0.1, 0.15) is 20.8 Å². The Morgan fingerprint density at radius 3 is 2.17 bits per heavy atom. The highest BCUT2D eigenvalue weighted by Crippen LogP contribution is 2.02. The molecule has 0 saturated heterocycles. The van der Waals surface area contributed by atoms with E-state index in [9.17, 15) is 9.59 Å². The standard InChI is InChI=1S/C12H25N3O3/c1-8(2)10(7-15(4)5)14-12(18)13-6-9(3)11(16)17/h8-10H,6-7H2,1-5H3,(H,16,17)(H2,13,14,18). The predicted molar refractivity (Wildman–Crippen MR) is 70.5 cm³/mol. The van der Waals surface area contributed by atoms with Crippen molar-refractivity contribution in [3.05, 3.63) is 0 Å². The van der Waals surface area contributed by atoms with Crippen molar-refractivity contribution in [2.75, 3.05) is 27.2 Å². The zero-order valence-corrected chi connectivity index (χ0v) is 11.9. The lowest BCUT2D eigenvalue weighted by Crippen LogP contribution is -2.49. The third-order valence-electron chi connectivity index (χ3n) is 2.67. The van der Waals surface area contributed by atoms with Crippen LogP contribution in [0.15, 0.2) is 0 Å². The van der Waals surface area contributed by atoms with Crippen molar-refractivity contribution in [2.24, 2.45) is 11.8 Å². The summed E-state index contributed by atoms with van der Waals surface area (Å²) in [6.07, 6.45) is 0. The van der Waals surface area contributed by atoms with E-state index < -0.39 is 11.9 Å². The third-order valence-corrected chi connectivity index (χ3v) is 2.67. The Morgan fingerprint density at radius 1 is 1.22 bits per heavy atom. The molecule has 0 radical (unpaired) electrons. The number of nitrogens with one attached hydrogen (secondary N) is 2. The van der Waals surface area contributed by atoms with Crippen LogP contribution in [0, 0.1) is 11.8 Å². The second-order valence-corrected chi connectivity index (χ2v) is 5.21. The molecule has 2 atom stereocenters. The molecule has 6 heteroatoms. The highest BCUT2D eigenvalue weighted by molar-refractivity contribution is 5.76. The minimum atomic E-state index is -0.913. The summed E-state index contributed by atoms with van der Waals surface area (Å²) in [5.41, 5.74) is 0. The van der Waals surface area contributed by atoms with E-state index in [0.717, 1.165) is 6.54 Å². The van der Waals surface area contributed by atoms with E-state index >= 15 is 0 Å². The SMILES string of the molecule is CC(CNC(=O)NC(CN(C)C)C(C)C)C(=O)O. The van der Waals surface area contributed by atoms with E-state index in [1.54, 1.807) is 6.92 Å². The van der Waals surface area contributed by atoms with Crippen LogP contribution in [-0.2, 0) is 4.79 Å². The molecule has 0 aromatic rings. The number of urea groups is 1. The van der Waals surface area contributed by atoms with Gasteiger partial charge in [0.2, 0.25) is 0 Å². The molecular formula is C12H25N3O3. The second kappa shape index (κ2) is 7.92. The molecule has 0 aliphatic heterocycles. The maximum absolute atomic E-state index is 11.6. The number of hydrogen-bond donors (Lipinski definition) is 3. The van der Waals surface area contributed by atoms with Crippen LogP contribution in [0.2, 0.25) is 0 Å². The second-order valence-electron chi connectivity index (χ2n) is 5.21. The first kappa shape index (κ1) is 16.7. The third kappa shape index (κ3) is 7.11. The van der Waals surface area contributed by atoms with E-state index in [4.69, 9.17) is 5.11 Å². The Morgan fingerprint density at radius 2 is 1.78 bits per heavy atom. The van der Waals surface area contributed by atoms with Crippen LogP contribution in [0.25, 0.3) is 0 Å². The van der Waals surface area contributed by atoms with Crippen LogP contribution >= 0.6 is 0 Å². The van der Waals surface area contributed by atoms with Gasteiger partial charge in [-0.25, -0.2) is 4.79 Å². The van der Waals surface area contributed by atoms with E-state index in [-0.39, 0.29) is 18.6 Å². The molecule has 0 aliphatic carbocycles. The first-order valence-electron chi connectivity index (χ1n) is 6.16. The van der Waals surface area contributed by atoms with E-state index in [0.29, 0.717) is 5.92 Å². The average molecular weight is 259 g/mol. The quantitative estimate of drug-likeness (QED) is 0.625. The molecule has 0 aliphatic rings. The number of nitrogens with zero attached hydrogens (tertiary/aromatic N) is 1. The number of amides is 2. The summed E-state index contributed by atoms with van der Waals surface area (Å²) in [4.78, 5) is 24.2. The first-order valence-corrected chi connectivity index (χ1v) is 6.16. The van der Waals surface area contributed by atoms with Crippen LogP contribution < -0.4 is 10.6 Å². The van der Waals surface area contributed by atoms with Crippen molar-refractivity contribution in [1.29, 1.82) is 0 Å². The number of carboxylic acid groups (broad SMARTS) is 1. The Labute approximate surface area is 109 Å². The van der Waals surface area contributed by atoms with Gasteiger partial charge in [-0.1, -0.05) is 20.8 Å². The Balaban J connectivity index is 4.14.